The number of aromatic nitrogens is 2. The van der Waals surface area contributed by atoms with Crippen molar-refractivity contribution in [3.05, 3.63) is 12.4 Å². The van der Waals surface area contributed by atoms with Gasteiger partial charge in [0.1, 0.15) is 4.90 Å². The molecule has 0 fully saturated rings. The van der Waals surface area contributed by atoms with Crippen LogP contribution < -0.4 is 0 Å². The lowest BCUT2D eigenvalue weighted by Gasteiger charge is -2.25. The average molecular weight is 336 g/mol. The Kier molecular flexibility index (Phi) is 7.70. The van der Waals surface area contributed by atoms with Crippen molar-refractivity contribution < 1.29 is 8.42 Å². The lowest BCUT2D eigenvalue weighted by atomic mass is 10.2. The van der Waals surface area contributed by atoms with E-state index in [1.807, 2.05) is 13.8 Å². The van der Waals surface area contributed by atoms with Crippen LogP contribution in [0.2, 0.25) is 0 Å². The molecular weight excluding hydrogens is 310 g/mol. The molecule has 21 heavy (non-hydrogen) atoms. The van der Waals surface area contributed by atoms with Crippen LogP contribution in [0.15, 0.2) is 17.3 Å². The van der Waals surface area contributed by atoms with E-state index in [4.69, 9.17) is 11.6 Å². The normalized spacial score (nSPS) is 12.5. The first-order valence-corrected chi connectivity index (χ1v) is 9.51. The molecule has 0 bridgehead atoms. The van der Waals surface area contributed by atoms with Crippen molar-refractivity contribution >= 4 is 21.6 Å². The number of nitrogens with zero attached hydrogens (tertiary/aromatic N) is 3. The Balaban J connectivity index is 2.86. The van der Waals surface area contributed by atoms with Crippen molar-refractivity contribution in [1.82, 2.24) is 14.1 Å². The van der Waals surface area contributed by atoms with Crippen LogP contribution in [0, 0.1) is 0 Å². The quantitative estimate of drug-likeness (QED) is 0.487. The molecule has 0 aliphatic rings. The van der Waals surface area contributed by atoms with Crippen LogP contribution >= 0.6 is 11.6 Å². The van der Waals surface area contributed by atoms with Gasteiger partial charge in [-0.15, -0.1) is 11.6 Å². The summed E-state index contributed by atoms with van der Waals surface area (Å²) in [7, 11) is -3.47. The minimum absolute atomic E-state index is 0.0574. The number of rotatable bonds is 10. The topological polar surface area (TPSA) is 55.2 Å². The fourth-order valence-electron chi connectivity index (χ4n) is 2.13. The van der Waals surface area contributed by atoms with Gasteiger partial charge in [-0.2, -0.15) is 9.40 Å². The summed E-state index contributed by atoms with van der Waals surface area (Å²) >= 11 is 5.64. The third-order valence-electron chi connectivity index (χ3n) is 3.30. The van der Waals surface area contributed by atoms with Crippen molar-refractivity contribution in [2.24, 2.45) is 0 Å². The van der Waals surface area contributed by atoms with E-state index in [-0.39, 0.29) is 10.9 Å². The zero-order chi connectivity index (χ0) is 15.9. The highest BCUT2D eigenvalue weighted by Crippen LogP contribution is 2.18. The Labute approximate surface area is 133 Å². The Hall–Kier alpha value is -0.590. The monoisotopic (exact) mass is 335 g/mol. The van der Waals surface area contributed by atoms with Crippen molar-refractivity contribution in [3.63, 3.8) is 0 Å². The van der Waals surface area contributed by atoms with Gasteiger partial charge in [0.2, 0.25) is 10.0 Å². The first-order chi connectivity index (χ1) is 9.93. The number of alkyl halides is 1. The van der Waals surface area contributed by atoms with Crippen molar-refractivity contribution in [3.8, 4) is 0 Å². The highest BCUT2D eigenvalue weighted by Gasteiger charge is 2.27. The van der Waals surface area contributed by atoms with Gasteiger partial charge >= 0.3 is 0 Å². The fourth-order valence-corrected chi connectivity index (χ4v) is 3.88. The molecule has 0 spiro atoms. The Morgan fingerprint density at radius 3 is 2.62 bits per heavy atom. The second-order valence-corrected chi connectivity index (χ2v) is 7.67. The molecule has 0 aromatic carbocycles. The minimum atomic E-state index is -3.47. The second-order valence-electron chi connectivity index (χ2n) is 5.40. The SMILES string of the molecule is CCCCCN(C(C)C)S(=O)(=O)c1cnn(CCCCl)c1. The molecular formula is C14H26ClN3O2S. The maximum Gasteiger partial charge on any atom is 0.246 e. The van der Waals surface area contributed by atoms with Crippen molar-refractivity contribution in [2.45, 2.75) is 63.9 Å². The number of hydrogen-bond acceptors (Lipinski definition) is 3. The summed E-state index contributed by atoms with van der Waals surface area (Å²) in [5.74, 6) is 0.539. The largest absolute Gasteiger partial charge is 0.271 e. The van der Waals surface area contributed by atoms with Gasteiger partial charge in [0.15, 0.2) is 0 Å². The first-order valence-electron chi connectivity index (χ1n) is 7.53. The van der Waals surface area contributed by atoms with Gasteiger partial charge in [0.05, 0.1) is 6.20 Å². The van der Waals surface area contributed by atoms with Gasteiger partial charge in [-0.1, -0.05) is 19.8 Å². The van der Waals surface area contributed by atoms with Gasteiger partial charge < -0.3 is 0 Å². The van der Waals surface area contributed by atoms with Gasteiger partial charge in [0, 0.05) is 31.2 Å². The zero-order valence-corrected chi connectivity index (χ0v) is 14.7. The van der Waals surface area contributed by atoms with Crippen LogP contribution in [0.4, 0.5) is 0 Å². The van der Waals surface area contributed by atoms with E-state index in [1.165, 1.54) is 6.20 Å². The van der Waals surface area contributed by atoms with E-state index < -0.39 is 10.0 Å². The van der Waals surface area contributed by atoms with Crippen LogP contribution in [-0.2, 0) is 16.6 Å². The number of aryl methyl sites for hydroxylation is 1. The van der Waals surface area contributed by atoms with Crippen LogP contribution in [0.5, 0.6) is 0 Å². The molecule has 1 aromatic heterocycles. The summed E-state index contributed by atoms with van der Waals surface area (Å²) in [5.41, 5.74) is 0. The Bertz CT molecular complexity index is 514. The van der Waals surface area contributed by atoms with Crippen LogP contribution in [-0.4, -0.2) is 41.0 Å². The molecule has 5 nitrogen and oxygen atoms in total. The van der Waals surface area contributed by atoms with Crippen LogP contribution in [0.3, 0.4) is 0 Å². The zero-order valence-electron chi connectivity index (χ0n) is 13.1. The Morgan fingerprint density at radius 2 is 2.05 bits per heavy atom. The molecule has 1 rings (SSSR count). The van der Waals surface area contributed by atoms with Gasteiger partial charge in [-0.25, -0.2) is 8.42 Å². The maximum absolute atomic E-state index is 12.7. The highest BCUT2D eigenvalue weighted by molar-refractivity contribution is 7.89. The summed E-state index contributed by atoms with van der Waals surface area (Å²) in [6, 6.07) is -0.0574. The molecule has 1 aromatic rings. The maximum atomic E-state index is 12.7. The van der Waals surface area contributed by atoms with E-state index in [1.54, 1.807) is 15.2 Å². The molecule has 0 saturated carbocycles. The molecule has 0 saturated heterocycles. The predicted octanol–water partition coefficient (Wildman–Crippen LogP) is 3.10. The molecule has 0 aliphatic heterocycles. The fraction of sp³-hybridized carbons (Fsp3) is 0.786. The van der Waals surface area contributed by atoms with Crippen molar-refractivity contribution in [1.29, 1.82) is 0 Å². The standard InChI is InChI=1S/C14H26ClN3O2S/c1-4-5-6-10-18(13(2)3)21(19,20)14-11-16-17(12-14)9-7-8-15/h11-13H,4-10H2,1-3H3. The molecule has 7 heteroatoms. The van der Waals surface area contributed by atoms with Gasteiger partial charge in [-0.3, -0.25) is 4.68 Å². The van der Waals surface area contributed by atoms with Crippen LogP contribution in [0.1, 0.15) is 46.5 Å². The number of unbranched alkanes of at least 4 members (excludes halogenated alkanes) is 2. The third kappa shape index (κ3) is 5.27. The minimum Gasteiger partial charge on any atom is -0.271 e. The molecule has 0 atom stereocenters. The summed E-state index contributed by atoms with van der Waals surface area (Å²) < 4.78 is 28.6. The highest BCUT2D eigenvalue weighted by atomic mass is 35.5. The lowest BCUT2D eigenvalue weighted by Crippen LogP contribution is -2.37. The summed E-state index contributed by atoms with van der Waals surface area (Å²) in [4.78, 5) is 0.266. The van der Waals surface area contributed by atoms with Gasteiger partial charge in [-0.05, 0) is 26.7 Å². The Morgan fingerprint density at radius 1 is 1.33 bits per heavy atom. The smallest absolute Gasteiger partial charge is 0.246 e. The predicted molar refractivity (Wildman–Crippen MR) is 86.1 cm³/mol. The molecule has 0 unspecified atom stereocenters. The third-order valence-corrected chi connectivity index (χ3v) is 5.59. The van der Waals surface area contributed by atoms with E-state index in [0.29, 0.717) is 19.0 Å². The summed E-state index contributed by atoms with van der Waals surface area (Å²) in [6.07, 6.45) is 6.79. The van der Waals surface area contributed by atoms with E-state index >= 15 is 0 Å². The molecule has 0 radical (unpaired) electrons. The molecule has 0 aliphatic carbocycles. The average Bonchev–Trinajstić information content (AvgIpc) is 2.90. The molecule has 0 amide bonds. The second kappa shape index (κ2) is 8.76. The number of hydrogen-bond donors (Lipinski definition) is 0. The molecule has 0 N–H and O–H groups in total. The molecule has 122 valence electrons. The lowest BCUT2D eigenvalue weighted by molar-refractivity contribution is 0.345. The molecule has 1 heterocycles. The first kappa shape index (κ1) is 18.5. The summed E-state index contributed by atoms with van der Waals surface area (Å²) in [6.45, 7) is 7.11. The number of halogens is 1. The number of sulfonamides is 1. The van der Waals surface area contributed by atoms with E-state index in [9.17, 15) is 8.42 Å². The van der Waals surface area contributed by atoms with E-state index in [2.05, 4.69) is 12.0 Å². The van der Waals surface area contributed by atoms with Crippen molar-refractivity contribution in [2.75, 3.05) is 12.4 Å². The van der Waals surface area contributed by atoms with Crippen LogP contribution in [0.25, 0.3) is 0 Å². The summed E-state index contributed by atoms with van der Waals surface area (Å²) in [5, 5.41) is 4.11. The van der Waals surface area contributed by atoms with Gasteiger partial charge in [0.25, 0.3) is 0 Å². The van der Waals surface area contributed by atoms with E-state index in [0.717, 1.165) is 25.7 Å².